The Morgan fingerprint density at radius 3 is 2.41 bits per heavy atom. The second-order valence-corrected chi connectivity index (χ2v) is 10.8. The summed E-state index contributed by atoms with van der Waals surface area (Å²) >= 11 is 1.72. The van der Waals surface area contributed by atoms with Crippen LogP contribution in [0, 0.1) is 0 Å². The monoisotopic (exact) mass is 433 g/mol. The number of hydrogen-bond acceptors (Lipinski definition) is 6. The molecule has 6 nitrogen and oxygen atoms in total. The topological polar surface area (TPSA) is 60.9 Å². The number of thiophene rings is 1. The van der Waals surface area contributed by atoms with E-state index in [0.29, 0.717) is 13.0 Å². The molecule has 2 aliphatic rings. The fraction of sp³-hybridized carbons (Fsp3) is 0.476. The van der Waals surface area contributed by atoms with Crippen molar-refractivity contribution in [1.29, 1.82) is 0 Å². The van der Waals surface area contributed by atoms with Crippen LogP contribution in [0.5, 0.6) is 0 Å². The summed E-state index contributed by atoms with van der Waals surface area (Å²) in [5.74, 6) is 0.210. The molecular weight excluding hydrogens is 406 g/mol. The van der Waals surface area contributed by atoms with Gasteiger partial charge >= 0.3 is 0 Å². The Bertz CT molecular complexity index is 908. The summed E-state index contributed by atoms with van der Waals surface area (Å²) in [4.78, 5) is 19.6. The van der Waals surface area contributed by atoms with Crippen LogP contribution in [-0.2, 0) is 21.2 Å². The van der Waals surface area contributed by atoms with Gasteiger partial charge in [0.2, 0.25) is 5.91 Å². The van der Waals surface area contributed by atoms with Gasteiger partial charge in [0.25, 0.3) is 0 Å². The van der Waals surface area contributed by atoms with Crippen LogP contribution in [0.15, 0.2) is 47.2 Å². The minimum atomic E-state index is -3.06. The number of piperazine rings is 1. The predicted molar refractivity (Wildman–Crippen MR) is 117 cm³/mol. The highest BCUT2D eigenvalue weighted by molar-refractivity contribution is 7.91. The first-order valence-corrected chi connectivity index (χ1v) is 12.8. The smallest absolute Gasteiger partial charge is 0.241 e. The molecule has 1 unspecified atom stereocenters. The van der Waals surface area contributed by atoms with E-state index in [9.17, 15) is 13.2 Å². The normalized spacial score (nSPS) is 22.6. The van der Waals surface area contributed by atoms with Crippen molar-refractivity contribution in [3.05, 3.63) is 52.7 Å². The highest BCUT2D eigenvalue weighted by Gasteiger charge is 2.36. The number of carbonyl (C=O) groups is 1. The highest BCUT2D eigenvalue weighted by atomic mass is 32.2. The fourth-order valence-electron chi connectivity index (χ4n) is 4.14. The molecule has 0 aliphatic carbocycles. The zero-order valence-electron chi connectivity index (χ0n) is 16.4. The Labute approximate surface area is 176 Å². The van der Waals surface area contributed by atoms with E-state index in [1.54, 1.807) is 16.2 Å². The maximum Gasteiger partial charge on any atom is 0.241 e. The van der Waals surface area contributed by atoms with Crippen molar-refractivity contribution >= 4 is 32.8 Å². The van der Waals surface area contributed by atoms with Crippen molar-refractivity contribution < 1.29 is 13.2 Å². The van der Waals surface area contributed by atoms with Crippen molar-refractivity contribution in [2.75, 3.05) is 49.1 Å². The van der Waals surface area contributed by atoms with Crippen LogP contribution in [0.3, 0.4) is 0 Å². The van der Waals surface area contributed by atoms with E-state index in [-0.39, 0.29) is 23.5 Å². The third-order valence-corrected chi connectivity index (χ3v) is 8.17. The lowest BCUT2D eigenvalue weighted by Gasteiger charge is -2.36. The average Bonchev–Trinajstić information content (AvgIpc) is 3.34. The standard InChI is InChI=1S/C21H27N3O3S2/c25-21(15-23-10-8-22(9-11-23)14-18-6-12-28-16-18)24(19-4-2-1-3-5-19)20-7-13-29(26,27)17-20/h1-6,12,16,20H,7-11,13-15,17H2. The number of hydrogen-bond donors (Lipinski definition) is 0. The van der Waals surface area contributed by atoms with Gasteiger partial charge in [0.1, 0.15) is 0 Å². The fourth-order valence-corrected chi connectivity index (χ4v) is 6.50. The predicted octanol–water partition coefficient (Wildman–Crippen LogP) is 2.09. The van der Waals surface area contributed by atoms with E-state index in [2.05, 4.69) is 26.6 Å². The van der Waals surface area contributed by atoms with E-state index in [4.69, 9.17) is 0 Å². The summed E-state index contributed by atoms with van der Waals surface area (Å²) in [6, 6.07) is 11.4. The number of rotatable bonds is 6. The lowest BCUT2D eigenvalue weighted by atomic mass is 10.1. The van der Waals surface area contributed by atoms with E-state index < -0.39 is 9.84 Å². The third-order valence-electron chi connectivity index (χ3n) is 5.69. The van der Waals surface area contributed by atoms with Gasteiger partial charge in [-0.1, -0.05) is 18.2 Å². The summed E-state index contributed by atoms with van der Waals surface area (Å²) in [7, 11) is -3.06. The molecule has 4 rings (SSSR count). The van der Waals surface area contributed by atoms with Crippen LogP contribution in [0.2, 0.25) is 0 Å². The number of benzene rings is 1. The Balaban J connectivity index is 1.38. The number of nitrogens with zero attached hydrogens (tertiary/aromatic N) is 3. The number of amides is 1. The molecule has 156 valence electrons. The van der Waals surface area contributed by atoms with Crippen molar-refractivity contribution in [3.63, 3.8) is 0 Å². The van der Waals surface area contributed by atoms with E-state index >= 15 is 0 Å². The molecule has 1 aromatic heterocycles. The van der Waals surface area contributed by atoms with Gasteiger partial charge in [-0.25, -0.2) is 8.42 Å². The molecule has 2 aromatic rings. The zero-order valence-corrected chi connectivity index (χ0v) is 18.1. The van der Waals surface area contributed by atoms with E-state index in [1.165, 1.54) is 5.56 Å². The first-order valence-electron chi connectivity index (χ1n) is 10.0. The largest absolute Gasteiger partial charge is 0.307 e. The number of anilines is 1. The van der Waals surface area contributed by atoms with Crippen LogP contribution in [0.4, 0.5) is 5.69 Å². The van der Waals surface area contributed by atoms with E-state index in [1.807, 2.05) is 30.3 Å². The number of para-hydroxylation sites is 1. The maximum absolute atomic E-state index is 13.2. The maximum atomic E-state index is 13.2. The number of sulfone groups is 1. The van der Waals surface area contributed by atoms with Crippen molar-refractivity contribution in [2.45, 2.75) is 19.0 Å². The minimum Gasteiger partial charge on any atom is -0.307 e. The molecule has 0 spiro atoms. The van der Waals surface area contributed by atoms with Crippen LogP contribution < -0.4 is 4.90 Å². The Morgan fingerprint density at radius 2 is 1.79 bits per heavy atom. The molecule has 2 aliphatic heterocycles. The van der Waals surface area contributed by atoms with Gasteiger partial charge in [-0.15, -0.1) is 0 Å². The molecule has 2 fully saturated rings. The van der Waals surface area contributed by atoms with Crippen molar-refractivity contribution in [3.8, 4) is 0 Å². The quantitative estimate of drug-likeness (QED) is 0.698. The molecule has 8 heteroatoms. The SMILES string of the molecule is O=C(CN1CCN(Cc2ccsc2)CC1)N(c1ccccc1)C1CCS(=O)(=O)C1. The number of carbonyl (C=O) groups excluding carboxylic acids is 1. The van der Waals surface area contributed by atoms with Crippen LogP contribution >= 0.6 is 11.3 Å². The summed E-state index contributed by atoms with van der Waals surface area (Å²) in [6.07, 6.45) is 0.511. The van der Waals surface area contributed by atoms with Gasteiger partial charge in [-0.2, -0.15) is 11.3 Å². The molecule has 1 aromatic carbocycles. The molecule has 0 bridgehead atoms. The molecule has 2 saturated heterocycles. The summed E-state index contributed by atoms with van der Waals surface area (Å²) < 4.78 is 24.0. The van der Waals surface area contributed by atoms with Crippen LogP contribution in [0.25, 0.3) is 0 Å². The Morgan fingerprint density at radius 1 is 1.07 bits per heavy atom. The van der Waals surface area contributed by atoms with Gasteiger partial charge in [0.15, 0.2) is 9.84 Å². The van der Waals surface area contributed by atoms with Crippen molar-refractivity contribution in [1.82, 2.24) is 9.80 Å². The van der Waals surface area contributed by atoms with Gasteiger partial charge in [-0.3, -0.25) is 14.6 Å². The first-order chi connectivity index (χ1) is 14.0. The van der Waals surface area contributed by atoms with Crippen LogP contribution in [-0.4, -0.2) is 74.4 Å². The van der Waals surface area contributed by atoms with Crippen LogP contribution in [0.1, 0.15) is 12.0 Å². The second-order valence-electron chi connectivity index (χ2n) is 7.84. The second kappa shape index (κ2) is 8.95. The highest BCUT2D eigenvalue weighted by Crippen LogP contribution is 2.25. The molecule has 3 heterocycles. The molecule has 0 radical (unpaired) electrons. The summed E-state index contributed by atoms with van der Waals surface area (Å²) in [6.45, 7) is 4.86. The van der Waals surface area contributed by atoms with Gasteiger partial charge < -0.3 is 4.90 Å². The first kappa shape index (κ1) is 20.5. The Kier molecular flexibility index (Phi) is 6.34. The molecule has 1 amide bonds. The van der Waals surface area contributed by atoms with Gasteiger partial charge in [0.05, 0.1) is 24.1 Å². The van der Waals surface area contributed by atoms with Crippen molar-refractivity contribution in [2.24, 2.45) is 0 Å². The molecule has 29 heavy (non-hydrogen) atoms. The third kappa shape index (κ3) is 5.25. The minimum absolute atomic E-state index is 0.00964. The molecule has 0 saturated carbocycles. The Hall–Kier alpha value is -1.74. The summed E-state index contributed by atoms with van der Waals surface area (Å²) in [5, 5.41) is 4.29. The average molecular weight is 434 g/mol. The molecular formula is C21H27N3O3S2. The molecule has 0 N–H and O–H groups in total. The van der Waals surface area contributed by atoms with Gasteiger partial charge in [0, 0.05) is 38.4 Å². The van der Waals surface area contributed by atoms with E-state index in [0.717, 1.165) is 38.4 Å². The lowest BCUT2D eigenvalue weighted by molar-refractivity contribution is -0.120. The zero-order chi connectivity index (χ0) is 20.3. The summed E-state index contributed by atoms with van der Waals surface area (Å²) in [5.41, 5.74) is 2.13. The lowest BCUT2D eigenvalue weighted by Crippen LogP contribution is -2.51. The molecule has 1 atom stereocenters. The van der Waals surface area contributed by atoms with Gasteiger partial charge in [-0.05, 0) is 40.9 Å².